The second-order valence-corrected chi connectivity index (χ2v) is 20.6. The van der Waals surface area contributed by atoms with E-state index in [1.54, 1.807) is 25.3 Å². The van der Waals surface area contributed by atoms with Crippen LogP contribution in [-0.4, -0.2) is 139 Å². The predicted molar refractivity (Wildman–Crippen MR) is 276 cm³/mol. The maximum Gasteiger partial charge on any atom is 0.298 e. The summed E-state index contributed by atoms with van der Waals surface area (Å²) in [4.78, 5) is 77.7. The van der Waals surface area contributed by atoms with E-state index in [1.807, 2.05) is 52.0 Å². The van der Waals surface area contributed by atoms with Gasteiger partial charge in [-0.05, 0) is 98.1 Å². The Balaban J connectivity index is 1.26. The van der Waals surface area contributed by atoms with Crippen molar-refractivity contribution in [2.75, 3.05) is 53.6 Å². The molecule has 3 aromatic rings. The topological polar surface area (TPSA) is 164 Å². The van der Waals surface area contributed by atoms with Crippen LogP contribution >= 0.6 is 0 Å². The van der Waals surface area contributed by atoms with E-state index in [0.717, 1.165) is 62.8 Å². The molecule has 0 saturated carbocycles. The van der Waals surface area contributed by atoms with Crippen molar-refractivity contribution in [3.05, 3.63) is 77.6 Å². The van der Waals surface area contributed by atoms with Crippen LogP contribution in [0.5, 0.6) is 0 Å². The number of hydrogen-bond donors (Lipinski definition) is 2. The third kappa shape index (κ3) is 11.6. The summed E-state index contributed by atoms with van der Waals surface area (Å²) in [6.45, 7) is 20.9. The lowest BCUT2D eigenvalue weighted by Crippen LogP contribution is -2.66. The largest absolute Gasteiger partial charge is 0.378 e. The Labute approximate surface area is 419 Å². The quantitative estimate of drug-likeness (QED) is 0.0937. The summed E-state index contributed by atoms with van der Waals surface area (Å²) in [5.74, 6) is 3.17. The second kappa shape index (κ2) is 22.7. The third-order valence-corrected chi connectivity index (χ3v) is 14.4. The number of aliphatic imine (C=N–C) groups is 1. The highest BCUT2D eigenvalue weighted by molar-refractivity contribution is 5.97. The summed E-state index contributed by atoms with van der Waals surface area (Å²) < 4.78 is 20.0. The Bertz CT molecular complexity index is 2630. The Hall–Kier alpha value is -5.92. The molecule has 0 radical (unpaired) electrons. The van der Waals surface area contributed by atoms with Gasteiger partial charge in [-0.15, -0.1) is 0 Å². The molecule has 4 aliphatic rings. The highest BCUT2D eigenvalue weighted by Crippen LogP contribution is 2.40. The van der Waals surface area contributed by atoms with E-state index in [2.05, 4.69) is 78.8 Å². The highest BCUT2D eigenvalue weighted by Gasteiger charge is 2.42. The number of rotatable bonds is 12. The molecule has 3 fully saturated rings. The summed E-state index contributed by atoms with van der Waals surface area (Å²) in [5.41, 5.74) is 9.15. The molecule has 1 aromatic heterocycles. The third-order valence-electron chi connectivity index (χ3n) is 14.4. The number of hydrazine groups is 1. The van der Waals surface area contributed by atoms with Gasteiger partial charge in [0.1, 0.15) is 30.0 Å². The van der Waals surface area contributed by atoms with Crippen LogP contribution in [0.25, 0.3) is 27.6 Å². The van der Waals surface area contributed by atoms with E-state index in [9.17, 15) is 24.0 Å². The lowest BCUT2D eigenvalue weighted by atomic mass is 9.83. The number of hydrogen-bond acceptors (Lipinski definition) is 10. The van der Waals surface area contributed by atoms with Crippen molar-refractivity contribution in [1.29, 1.82) is 0 Å². The number of nitrogens with zero attached hydrogens (tertiary/aromatic N) is 5. The second-order valence-electron chi connectivity index (χ2n) is 20.6. The summed E-state index contributed by atoms with van der Waals surface area (Å²) in [6.07, 6.45) is 6.88. The Morgan fingerprint density at radius 2 is 1.86 bits per heavy atom. The summed E-state index contributed by atoms with van der Waals surface area (Å²) in [7, 11) is 3.29. The standard InChI is InChI=1S/C56H73N7O8/c1-11-43(49(57-12-2)37(6)69-10)51-45-31-55(7,8)34-70-35-56(33-64)24-15-25-63(59-56)54(68)46(29-38-16-14-17-39(28-38)40-18-20-47(44(45)30-40)62(51)13-3)58-52(66)50(36(4)5)60(9)53(67)41-22-26-61(32-41)48(65)21-19-42-23-27-71-42/h11-12,14,16-18,20,28,30,33,36-37,41-42,46,50,59H,1,13,15,22-27,29,31-32,34-35H2,2-10H3,(H,58,66)/b49-43+,57-12-/t37-,41-,42+,46-,50-,56-/m0/s1. The number of aldehydes is 1. The number of benzene rings is 2. The minimum absolute atomic E-state index is 0.0169. The van der Waals surface area contributed by atoms with Gasteiger partial charge in [0.15, 0.2) is 0 Å². The van der Waals surface area contributed by atoms with Gasteiger partial charge in [0, 0.05) is 75.9 Å². The van der Waals surface area contributed by atoms with E-state index in [4.69, 9.17) is 19.2 Å². The zero-order valence-corrected chi connectivity index (χ0v) is 43.1. The van der Waals surface area contributed by atoms with Crippen LogP contribution in [0.3, 0.4) is 0 Å². The molecule has 4 aliphatic heterocycles. The molecule has 6 atom stereocenters. The lowest BCUT2D eigenvalue weighted by Gasteiger charge is -2.42. The van der Waals surface area contributed by atoms with Crippen molar-refractivity contribution < 1.29 is 38.2 Å². The minimum atomic E-state index is -1.20. The number of carbonyl (C=O) groups excluding carboxylic acids is 5. The number of allylic oxidation sites excluding steroid dienone is 2. The van der Waals surface area contributed by atoms with Crippen LogP contribution in [0.2, 0.25) is 0 Å². The van der Waals surface area contributed by atoms with E-state index >= 15 is 0 Å². The van der Waals surface area contributed by atoms with Gasteiger partial charge in [0.2, 0.25) is 11.8 Å². The highest BCUT2D eigenvalue weighted by atomic mass is 16.5. The number of carbonyl (C=O) groups is 5. The predicted octanol–water partition coefficient (Wildman–Crippen LogP) is 6.17. The fraction of sp³-hybridized carbons (Fsp3) is 0.536. The molecule has 0 spiro atoms. The number of fused-ring (bicyclic) bond motifs is 6. The molecule has 6 bridgehead atoms. The fourth-order valence-electron chi connectivity index (χ4n) is 10.6. The number of nitrogens with one attached hydrogen (secondary N) is 2. The van der Waals surface area contributed by atoms with Gasteiger partial charge >= 0.3 is 0 Å². The number of ether oxygens (including phenoxy) is 3. The molecule has 0 aliphatic carbocycles. The number of likely N-dealkylation sites (N-methyl/N-ethyl adjacent to an activating group) is 1. The van der Waals surface area contributed by atoms with Gasteiger partial charge < -0.3 is 38.7 Å². The van der Waals surface area contributed by atoms with Crippen molar-refractivity contribution in [3.8, 4) is 23.0 Å². The van der Waals surface area contributed by atoms with Crippen molar-refractivity contribution in [2.45, 2.75) is 123 Å². The minimum Gasteiger partial charge on any atom is -0.378 e. The average Bonchev–Trinajstić information content (AvgIpc) is 3.95. The normalized spacial score (nSPS) is 23.7. The van der Waals surface area contributed by atoms with Crippen molar-refractivity contribution in [3.63, 3.8) is 0 Å². The van der Waals surface area contributed by atoms with Crippen LogP contribution in [0.15, 0.2) is 65.8 Å². The molecule has 0 unspecified atom stereocenters. The number of aromatic nitrogens is 1. The van der Waals surface area contributed by atoms with E-state index < -0.39 is 40.8 Å². The Kier molecular flexibility index (Phi) is 16.9. The molecule has 5 heterocycles. The van der Waals surface area contributed by atoms with E-state index in [-0.39, 0.29) is 49.5 Å². The smallest absolute Gasteiger partial charge is 0.298 e. The number of likely N-dealkylation sites (tertiary alicyclic amines) is 1. The fourth-order valence-corrected chi connectivity index (χ4v) is 10.6. The van der Waals surface area contributed by atoms with Crippen LogP contribution in [0, 0.1) is 29.1 Å². The van der Waals surface area contributed by atoms with Gasteiger partial charge in [0.25, 0.3) is 11.8 Å². The summed E-state index contributed by atoms with van der Waals surface area (Å²) in [5, 5.41) is 5.61. The van der Waals surface area contributed by atoms with Crippen LogP contribution < -0.4 is 10.7 Å². The zero-order valence-electron chi connectivity index (χ0n) is 43.1. The molecule has 71 heavy (non-hydrogen) atoms. The van der Waals surface area contributed by atoms with Crippen molar-refractivity contribution in [2.24, 2.45) is 22.2 Å². The summed E-state index contributed by atoms with van der Waals surface area (Å²) >= 11 is 0. The monoisotopic (exact) mass is 972 g/mol. The van der Waals surface area contributed by atoms with Crippen LogP contribution in [-0.2, 0) is 57.6 Å². The molecule has 7 rings (SSSR count). The Morgan fingerprint density at radius 3 is 2.52 bits per heavy atom. The van der Waals surface area contributed by atoms with Crippen molar-refractivity contribution >= 4 is 52.6 Å². The molecular formula is C56H73N7O8. The number of amides is 4. The lowest BCUT2D eigenvalue weighted by molar-refractivity contribution is -0.148. The number of methoxy groups -OCH3 is 1. The van der Waals surface area contributed by atoms with Gasteiger partial charge in [0.05, 0.1) is 43.2 Å². The van der Waals surface area contributed by atoms with Gasteiger partial charge in [-0.25, -0.2) is 5.43 Å². The molecule has 15 nitrogen and oxygen atoms in total. The number of aryl methyl sites for hydroxylation is 1. The first-order valence-electron chi connectivity index (χ1n) is 25.2. The first-order valence-corrected chi connectivity index (χ1v) is 25.2. The SMILES string of the molecule is C=C/C(=C(\N=C/C)[C@H](C)OC)c1c2c3cc(ccc3n1CC)-c1cccc(c1)C[C@H](NC(=O)[C@H](C(C)C)N(C)C(=O)[C@H]1CCN(C(=O)C#C[C@@H]3CCO3)C1)C(=O)N1CCC[C@](C=O)(COCC(C)(C)C2)N1. The summed E-state index contributed by atoms with van der Waals surface area (Å²) in [6, 6.07) is 12.5. The van der Waals surface area contributed by atoms with E-state index in [0.29, 0.717) is 58.5 Å². The van der Waals surface area contributed by atoms with Crippen LogP contribution in [0.1, 0.15) is 91.0 Å². The Morgan fingerprint density at radius 1 is 1.10 bits per heavy atom. The van der Waals surface area contributed by atoms with Crippen molar-refractivity contribution in [1.82, 2.24) is 30.1 Å². The molecule has 3 saturated heterocycles. The van der Waals surface area contributed by atoms with Crippen LogP contribution in [0.4, 0.5) is 0 Å². The first-order chi connectivity index (χ1) is 34.0. The van der Waals surface area contributed by atoms with Gasteiger partial charge in [-0.3, -0.25) is 29.2 Å². The molecule has 2 N–H and O–H groups in total. The maximum absolute atomic E-state index is 14.9. The van der Waals surface area contributed by atoms with Gasteiger partial charge in [-0.2, -0.15) is 0 Å². The first kappa shape index (κ1) is 52.9. The molecule has 4 amide bonds. The van der Waals surface area contributed by atoms with Gasteiger partial charge in [-0.1, -0.05) is 76.6 Å². The molecule has 380 valence electrons. The maximum atomic E-state index is 14.9. The zero-order chi connectivity index (χ0) is 51.2. The average molecular weight is 972 g/mol. The molecule has 15 heteroatoms. The molecular weight excluding hydrogens is 899 g/mol. The van der Waals surface area contributed by atoms with E-state index in [1.165, 1.54) is 9.91 Å². The molecule has 2 aromatic carbocycles.